The molecule has 1 heterocycles. The Hall–Kier alpha value is -2.80. The highest BCUT2D eigenvalue weighted by molar-refractivity contribution is 7.99. The lowest BCUT2D eigenvalue weighted by atomic mass is 10.2. The van der Waals surface area contributed by atoms with Gasteiger partial charge in [0.1, 0.15) is 11.6 Å². The van der Waals surface area contributed by atoms with E-state index >= 15 is 0 Å². The van der Waals surface area contributed by atoms with E-state index in [1.54, 1.807) is 7.11 Å². The maximum Gasteiger partial charge on any atom is 0.234 e. The molecule has 0 aliphatic heterocycles. The maximum atomic E-state index is 12.5. The van der Waals surface area contributed by atoms with Gasteiger partial charge in [0.15, 0.2) is 5.16 Å². The molecule has 1 aromatic heterocycles. The zero-order chi connectivity index (χ0) is 19.5. The number of para-hydroxylation sites is 1. The summed E-state index contributed by atoms with van der Waals surface area (Å²) in [5.74, 6) is 2.23. The summed E-state index contributed by atoms with van der Waals surface area (Å²) in [5, 5.41) is 12.4. The molecule has 4 rings (SSSR count). The number of aryl methyl sites for hydroxylation is 1. The van der Waals surface area contributed by atoms with Crippen LogP contribution in [0.4, 0.5) is 5.69 Å². The first kappa shape index (κ1) is 18.6. The van der Waals surface area contributed by atoms with Crippen molar-refractivity contribution >= 4 is 23.4 Å². The number of hydrogen-bond donors (Lipinski definition) is 1. The molecule has 0 bridgehead atoms. The van der Waals surface area contributed by atoms with E-state index in [0.29, 0.717) is 17.4 Å². The van der Waals surface area contributed by atoms with Crippen LogP contribution < -0.4 is 10.1 Å². The first-order chi connectivity index (χ1) is 13.7. The number of hydrogen-bond acceptors (Lipinski definition) is 5. The number of carbonyl (C=O) groups excluding carboxylic acids is 1. The van der Waals surface area contributed by atoms with Gasteiger partial charge in [0, 0.05) is 11.6 Å². The van der Waals surface area contributed by atoms with Gasteiger partial charge < -0.3 is 10.1 Å². The smallest absolute Gasteiger partial charge is 0.234 e. The fraction of sp³-hybridized carbons (Fsp3) is 0.286. The zero-order valence-electron chi connectivity index (χ0n) is 15.9. The quantitative estimate of drug-likeness (QED) is 0.609. The van der Waals surface area contributed by atoms with Crippen molar-refractivity contribution in [2.45, 2.75) is 30.8 Å². The number of thioether (sulfide) groups is 1. The van der Waals surface area contributed by atoms with E-state index in [2.05, 4.69) is 20.1 Å². The van der Waals surface area contributed by atoms with Gasteiger partial charge in [-0.3, -0.25) is 9.36 Å². The second-order valence-electron chi connectivity index (χ2n) is 6.83. The summed E-state index contributed by atoms with van der Waals surface area (Å²) in [4.78, 5) is 12.5. The molecular formula is C21H22N4O2S. The third-order valence-corrected chi connectivity index (χ3v) is 5.51. The molecule has 1 N–H and O–H groups in total. The van der Waals surface area contributed by atoms with E-state index in [1.165, 1.54) is 11.8 Å². The Bertz CT molecular complexity index is 983. The van der Waals surface area contributed by atoms with Crippen LogP contribution in [0.2, 0.25) is 0 Å². The highest BCUT2D eigenvalue weighted by Gasteiger charge is 2.31. The average molecular weight is 395 g/mol. The number of benzene rings is 2. The summed E-state index contributed by atoms with van der Waals surface area (Å²) in [5.41, 5.74) is 2.76. The van der Waals surface area contributed by atoms with E-state index in [9.17, 15) is 4.79 Å². The molecule has 2 aromatic carbocycles. The van der Waals surface area contributed by atoms with Crippen molar-refractivity contribution in [2.24, 2.45) is 0 Å². The summed E-state index contributed by atoms with van der Waals surface area (Å²) in [6.45, 7) is 1.98. The number of anilines is 1. The molecular weight excluding hydrogens is 372 g/mol. The number of amides is 1. The number of nitrogens with one attached hydrogen (secondary N) is 1. The molecule has 0 radical (unpaired) electrons. The molecule has 1 aliphatic carbocycles. The van der Waals surface area contributed by atoms with Crippen molar-refractivity contribution in [3.63, 3.8) is 0 Å². The minimum Gasteiger partial charge on any atom is -0.495 e. The van der Waals surface area contributed by atoms with Gasteiger partial charge in [-0.05, 0) is 49.6 Å². The Morgan fingerprint density at radius 2 is 2.00 bits per heavy atom. The number of ether oxygens (including phenoxy) is 1. The van der Waals surface area contributed by atoms with Gasteiger partial charge >= 0.3 is 0 Å². The summed E-state index contributed by atoms with van der Waals surface area (Å²) in [6.07, 6.45) is 2.28. The summed E-state index contributed by atoms with van der Waals surface area (Å²) in [7, 11) is 1.59. The van der Waals surface area contributed by atoms with E-state index in [1.807, 2.05) is 55.5 Å². The molecule has 0 saturated heterocycles. The number of aromatic nitrogens is 3. The molecule has 0 unspecified atom stereocenters. The van der Waals surface area contributed by atoms with Gasteiger partial charge in [0.25, 0.3) is 0 Å². The minimum absolute atomic E-state index is 0.107. The minimum atomic E-state index is -0.107. The van der Waals surface area contributed by atoms with E-state index in [-0.39, 0.29) is 11.7 Å². The summed E-state index contributed by atoms with van der Waals surface area (Å²) in [6, 6.07) is 15.8. The van der Waals surface area contributed by atoms with Crippen LogP contribution in [0.5, 0.6) is 5.75 Å². The van der Waals surface area contributed by atoms with Crippen molar-refractivity contribution in [1.82, 2.24) is 14.8 Å². The molecule has 1 amide bonds. The Morgan fingerprint density at radius 1 is 1.21 bits per heavy atom. The molecule has 0 spiro atoms. The predicted molar refractivity (Wildman–Crippen MR) is 110 cm³/mol. The second kappa shape index (κ2) is 8.06. The molecule has 144 valence electrons. The van der Waals surface area contributed by atoms with Crippen molar-refractivity contribution in [3.05, 3.63) is 59.9 Å². The van der Waals surface area contributed by atoms with Gasteiger partial charge in [-0.1, -0.05) is 36.0 Å². The highest BCUT2D eigenvalue weighted by atomic mass is 32.2. The first-order valence-electron chi connectivity index (χ1n) is 9.23. The number of carbonyl (C=O) groups is 1. The van der Waals surface area contributed by atoms with Crippen molar-refractivity contribution in [3.8, 4) is 11.4 Å². The fourth-order valence-corrected chi connectivity index (χ4v) is 3.80. The standard InChI is InChI=1S/C21H22N4O2S/c1-14-8-11-18(27-2)17(12-14)22-19(26)13-28-21-24-23-20(15-9-10-15)25(21)16-6-4-3-5-7-16/h3-8,11-12,15H,9-10,13H2,1-2H3,(H,22,26). The maximum absolute atomic E-state index is 12.5. The van der Waals surface area contributed by atoms with Gasteiger partial charge in [-0.15, -0.1) is 10.2 Å². The van der Waals surface area contributed by atoms with Crippen LogP contribution in [0.15, 0.2) is 53.7 Å². The van der Waals surface area contributed by atoms with Gasteiger partial charge in [0.05, 0.1) is 18.6 Å². The number of nitrogens with zero attached hydrogens (tertiary/aromatic N) is 3. The molecule has 1 aliphatic rings. The third kappa shape index (κ3) is 4.04. The molecule has 28 heavy (non-hydrogen) atoms. The molecule has 7 heteroatoms. The first-order valence-corrected chi connectivity index (χ1v) is 10.2. The third-order valence-electron chi connectivity index (χ3n) is 4.58. The monoisotopic (exact) mass is 394 g/mol. The van der Waals surface area contributed by atoms with E-state index < -0.39 is 0 Å². The Morgan fingerprint density at radius 3 is 2.71 bits per heavy atom. The Kier molecular flexibility index (Phi) is 5.34. The van der Waals surface area contributed by atoms with Crippen LogP contribution >= 0.6 is 11.8 Å². The normalized spacial score (nSPS) is 13.4. The van der Waals surface area contributed by atoms with Gasteiger partial charge in [-0.25, -0.2) is 0 Å². The lowest BCUT2D eigenvalue weighted by Gasteiger charge is -2.12. The highest BCUT2D eigenvalue weighted by Crippen LogP contribution is 2.41. The fourth-order valence-electron chi connectivity index (χ4n) is 3.04. The molecule has 0 atom stereocenters. The predicted octanol–water partition coefficient (Wildman–Crippen LogP) is 4.19. The van der Waals surface area contributed by atoms with Crippen LogP contribution in [0.1, 0.15) is 30.1 Å². The molecule has 6 nitrogen and oxygen atoms in total. The summed E-state index contributed by atoms with van der Waals surface area (Å²) >= 11 is 1.39. The van der Waals surface area contributed by atoms with Crippen LogP contribution in [-0.2, 0) is 4.79 Å². The Balaban J connectivity index is 1.50. The van der Waals surface area contributed by atoms with E-state index in [0.717, 1.165) is 35.1 Å². The van der Waals surface area contributed by atoms with E-state index in [4.69, 9.17) is 4.74 Å². The van der Waals surface area contributed by atoms with Gasteiger partial charge in [-0.2, -0.15) is 0 Å². The average Bonchev–Trinajstić information content (AvgIpc) is 3.46. The van der Waals surface area contributed by atoms with Crippen LogP contribution in [0, 0.1) is 6.92 Å². The molecule has 1 fully saturated rings. The number of methoxy groups -OCH3 is 1. The van der Waals surface area contributed by atoms with Crippen molar-refractivity contribution < 1.29 is 9.53 Å². The van der Waals surface area contributed by atoms with Crippen molar-refractivity contribution in [1.29, 1.82) is 0 Å². The summed E-state index contributed by atoms with van der Waals surface area (Å²) < 4.78 is 7.40. The Labute approximate surface area is 168 Å². The zero-order valence-corrected chi connectivity index (χ0v) is 16.7. The van der Waals surface area contributed by atoms with Crippen LogP contribution in [0.25, 0.3) is 5.69 Å². The second-order valence-corrected chi connectivity index (χ2v) is 7.77. The number of rotatable bonds is 7. The lowest BCUT2D eigenvalue weighted by molar-refractivity contribution is -0.113. The molecule has 1 saturated carbocycles. The van der Waals surface area contributed by atoms with Crippen LogP contribution in [0.3, 0.4) is 0 Å². The van der Waals surface area contributed by atoms with Gasteiger partial charge in [0.2, 0.25) is 5.91 Å². The topological polar surface area (TPSA) is 69.0 Å². The lowest BCUT2D eigenvalue weighted by Crippen LogP contribution is -2.15. The van der Waals surface area contributed by atoms with Crippen molar-refractivity contribution in [2.75, 3.05) is 18.2 Å². The molecule has 3 aromatic rings. The largest absolute Gasteiger partial charge is 0.495 e. The SMILES string of the molecule is COc1ccc(C)cc1NC(=O)CSc1nnc(C2CC2)n1-c1ccccc1. The van der Waals surface area contributed by atoms with Crippen LogP contribution in [-0.4, -0.2) is 33.5 Å².